The summed E-state index contributed by atoms with van der Waals surface area (Å²) in [6.45, 7) is 7.64. The van der Waals surface area contributed by atoms with Crippen molar-refractivity contribution in [2.24, 2.45) is 0 Å². The van der Waals surface area contributed by atoms with Gasteiger partial charge in [0.1, 0.15) is 23.2 Å². The van der Waals surface area contributed by atoms with Gasteiger partial charge in [0.15, 0.2) is 0 Å². The molecule has 0 saturated carbocycles. The van der Waals surface area contributed by atoms with Crippen LogP contribution in [0.5, 0.6) is 0 Å². The Morgan fingerprint density at radius 2 is 1.00 bits per heavy atom. The Hall–Kier alpha value is -2.42. The third-order valence-corrected chi connectivity index (χ3v) is 9.38. The van der Waals surface area contributed by atoms with E-state index in [1.54, 1.807) is 0 Å². The van der Waals surface area contributed by atoms with E-state index in [-0.39, 0.29) is 0 Å². The number of hydrogen-bond donors (Lipinski definition) is 0. The van der Waals surface area contributed by atoms with E-state index in [4.69, 9.17) is 6.57 Å². The molecule has 0 aliphatic rings. The molecule has 0 aromatic heterocycles. The average Bonchev–Trinajstić information content (AvgIpc) is 2.73. The highest BCUT2D eigenvalue weighted by Gasteiger charge is 2.44. The summed E-state index contributed by atoms with van der Waals surface area (Å²) in [5.41, 5.74) is 0. The summed E-state index contributed by atoms with van der Waals surface area (Å²) in [6.07, 6.45) is 4.43. The van der Waals surface area contributed by atoms with Gasteiger partial charge in [0.25, 0.3) is 0 Å². The fourth-order valence-electron chi connectivity index (χ4n) is 3.60. The average molecular weight is 358 g/mol. The fourth-order valence-corrected chi connectivity index (χ4v) is 8.01. The van der Waals surface area contributed by atoms with Gasteiger partial charge in [-0.2, -0.15) is 0 Å². The zero-order valence-electron chi connectivity index (χ0n) is 15.1. The monoisotopic (exact) mass is 358 g/mol. The minimum Gasteiger partial charge on any atom is -0.317 e. The van der Waals surface area contributed by atoms with E-state index >= 15 is 0 Å². The van der Waals surface area contributed by atoms with Crippen LogP contribution >= 0.6 is 7.26 Å². The predicted octanol–water partition coefficient (Wildman–Crippen LogP) is 5.07. The second kappa shape index (κ2) is 9.33. The van der Waals surface area contributed by atoms with Crippen LogP contribution in [0.1, 0.15) is 19.3 Å². The van der Waals surface area contributed by atoms with E-state index in [2.05, 4.69) is 95.8 Å². The Morgan fingerprint density at radius 3 is 1.38 bits per heavy atom. The summed E-state index contributed by atoms with van der Waals surface area (Å²) in [5, 5.41) is 4.34. The number of benzene rings is 3. The van der Waals surface area contributed by atoms with Crippen LogP contribution in [-0.4, -0.2) is 12.7 Å². The summed E-state index contributed by atoms with van der Waals surface area (Å²) in [4.78, 5) is 3.50. The Morgan fingerprint density at radius 1 is 0.577 bits per heavy atom. The third kappa shape index (κ3) is 4.04. The Labute approximate surface area is 157 Å². The third-order valence-electron chi connectivity index (χ3n) is 4.85. The summed E-state index contributed by atoms with van der Waals surface area (Å²) in [6, 6.07) is 33.1. The summed E-state index contributed by atoms with van der Waals surface area (Å²) in [7, 11) is -1.68. The molecule has 0 bridgehead atoms. The van der Waals surface area contributed by atoms with E-state index in [0.717, 1.165) is 25.4 Å². The lowest BCUT2D eigenvalue weighted by Crippen LogP contribution is -2.33. The summed E-state index contributed by atoms with van der Waals surface area (Å²) < 4.78 is 0. The van der Waals surface area contributed by atoms with Gasteiger partial charge in [-0.05, 0) is 49.2 Å². The first-order valence-electron chi connectivity index (χ1n) is 9.26. The molecule has 0 fully saturated rings. The highest BCUT2D eigenvalue weighted by molar-refractivity contribution is 7.95. The second-order valence-corrected chi connectivity index (χ2v) is 10.1. The van der Waals surface area contributed by atoms with Gasteiger partial charge in [-0.3, -0.25) is 0 Å². The van der Waals surface area contributed by atoms with Crippen LogP contribution in [0.15, 0.2) is 91.0 Å². The van der Waals surface area contributed by atoms with Crippen LogP contribution in [0.25, 0.3) is 4.85 Å². The molecule has 0 atom stereocenters. The molecule has 0 spiro atoms. The first-order valence-corrected chi connectivity index (χ1v) is 11.2. The number of rotatable bonds is 8. The molecular formula is C24H25NP+. The molecule has 0 heterocycles. The van der Waals surface area contributed by atoms with Crippen LogP contribution in [0.4, 0.5) is 0 Å². The zero-order chi connectivity index (χ0) is 18.1. The molecule has 0 N–H and O–H groups in total. The molecule has 3 rings (SSSR count). The lowest BCUT2D eigenvalue weighted by Gasteiger charge is -2.27. The lowest BCUT2D eigenvalue weighted by molar-refractivity contribution is 0.761. The molecule has 0 radical (unpaired) electrons. The molecule has 26 heavy (non-hydrogen) atoms. The molecule has 0 unspecified atom stereocenters. The molecular weight excluding hydrogens is 333 g/mol. The van der Waals surface area contributed by atoms with Gasteiger partial charge >= 0.3 is 0 Å². The topological polar surface area (TPSA) is 4.36 Å². The van der Waals surface area contributed by atoms with Gasteiger partial charge in [0.2, 0.25) is 6.54 Å². The van der Waals surface area contributed by atoms with Gasteiger partial charge in [0.05, 0.1) is 6.16 Å². The van der Waals surface area contributed by atoms with Crippen molar-refractivity contribution < 1.29 is 0 Å². The molecule has 0 saturated heterocycles. The SMILES string of the molecule is [C-]#[N+]CCCCC[P+](c1ccccc1)(c1ccccc1)c1ccccc1. The van der Waals surface area contributed by atoms with E-state index in [9.17, 15) is 0 Å². The van der Waals surface area contributed by atoms with E-state index < -0.39 is 7.26 Å². The van der Waals surface area contributed by atoms with Crippen molar-refractivity contribution in [1.29, 1.82) is 0 Å². The first kappa shape index (κ1) is 18.4. The van der Waals surface area contributed by atoms with Crippen LogP contribution in [0, 0.1) is 6.57 Å². The summed E-state index contributed by atoms with van der Waals surface area (Å²) in [5.74, 6) is 0. The van der Waals surface area contributed by atoms with Crippen LogP contribution in [-0.2, 0) is 0 Å². The predicted molar refractivity (Wildman–Crippen MR) is 115 cm³/mol. The molecule has 1 nitrogen and oxygen atoms in total. The van der Waals surface area contributed by atoms with Crippen molar-refractivity contribution in [2.75, 3.05) is 12.7 Å². The minimum absolute atomic E-state index is 0.646. The molecule has 3 aromatic carbocycles. The number of unbranched alkanes of at least 4 members (excludes halogenated alkanes) is 2. The van der Waals surface area contributed by atoms with Gasteiger partial charge in [-0.25, -0.2) is 6.57 Å². The fraction of sp³-hybridized carbons (Fsp3) is 0.208. The van der Waals surface area contributed by atoms with Crippen LogP contribution < -0.4 is 15.9 Å². The van der Waals surface area contributed by atoms with E-state index in [0.29, 0.717) is 6.54 Å². The normalized spacial score (nSPS) is 11.0. The van der Waals surface area contributed by atoms with Crippen molar-refractivity contribution in [3.63, 3.8) is 0 Å². The second-order valence-electron chi connectivity index (χ2n) is 6.48. The molecule has 0 aliphatic heterocycles. The zero-order valence-corrected chi connectivity index (χ0v) is 16.0. The number of hydrogen-bond acceptors (Lipinski definition) is 0. The van der Waals surface area contributed by atoms with Crippen molar-refractivity contribution in [2.45, 2.75) is 19.3 Å². The number of nitrogens with zero attached hydrogens (tertiary/aromatic N) is 1. The Kier molecular flexibility index (Phi) is 6.59. The van der Waals surface area contributed by atoms with Crippen molar-refractivity contribution >= 4 is 23.2 Å². The quantitative estimate of drug-likeness (QED) is 0.301. The Balaban J connectivity index is 2.07. The van der Waals surface area contributed by atoms with Gasteiger partial charge < -0.3 is 4.85 Å². The molecule has 2 heteroatoms. The smallest absolute Gasteiger partial charge is 0.214 e. The van der Waals surface area contributed by atoms with Crippen LogP contribution in [0.2, 0.25) is 0 Å². The van der Waals surface area contributed by atoms with E-state index in [1.807, 2.05) is 0 Å². The highest BCUT2D eigenvalue weighted by atomic mass is 31.2. The van der Waals surface area contributed by atoms with E-state index in [1.165, 1.54) is 15.9 Å². The molecule has 0 aliphatic carbocycles. The summed E-state index contributed by atoms with van der Waals surface area (Å²) >= 11 is 0. The van der Waals surface area contributed by atoms with Crippen molar-refractivity contribution in [3.05, 3.63) is 102 Å². The first-order chi connectivity index (χ1) is 12.9. The largest absolute Gasteiger partial charge is 0.317 e. The maximum absolute atomic E-state index is 7.00. The standard InChI is InChI=1S/C24H25NP/c1-25-20-12-5-13-21-26(22-14-6-2-7-15-22,23-16-8-3-9-17-23)24-18-10-4-11-19-24/h2-4,6-11,14-19H,5,12-13,20-21H2/q+1. The van der Waals surface area contributed by atoms with Gasteiger partial charge in [0, 0.05) is 6.42 Å². The lowest BCUT2D eigenvalue weighted by atomic mass is 10.2. The van der Waals surface area contributed by atoms with Gasteiger partial charge in [-0.15, -0.1) is 0 Å². The van der Waals surface area contributed by atoms with Crippen LogP contribution in [0.3, 0.4) is 0 Å². The molecule has 3 aromatic rings. The maximum atomic E-state index is 7.00. The molecule has 130 valence electrons. The maximum Gasteiger partial charge on any atom is 0.214 e. The highest BCUT2D eigenvalue weighted by Crippen LogP contribution is 2.55. The Bertz CT molecular complexity index is 726. The molecule has 0 amide bonds. The minimum atomic E-state index is -1.68. The van der Waals surface area contributed by atoms with Gasteiger partial charge in [-0.1, -0.05) is 54.6 Å². The van der Waals surface area contributed by atoms with Crippen molar-refractivity contribution in [1.82, 2.24) is 0 Å². The van der Waals surface area contributed by atoms with Crippen molar-refractivity contribution in [3.8, 4) is 0 Å².